The quantitative estimate of drug-likeness (QED) is 0.836. The first-order valence-corrected chi connectivity index (χ1v) is 8.52. The fourth-order valence-corrected chi connectivity index (χ4v) is 3.31. The van der Waals surface area contributed by atoms with Gasteiger partial charge >= 0.3 is 0 Å². The number of amides is 1. The van der Waals surface area contributed by atoms with Crippen LogP contribution < -0.4 is 5.73 Å². The van der Waals surface area contributed by atoms with Crippen molar-refractivity contribution < 1.29 is 18.4 Å². The van der Waals surface area contributed by atoms with E-state index in [1.54, 1.807) is 4.90 Å². The van der Waals surface area contributed by atoms with Gasteiger partial charge in [-0.15, -0.1) is 0 Å². The largest absolute Gasteiger partial charge is 0.340 e. The van der Waals surface area contributed by atoms with Gasteiger partial charge in [-0.1, -0.05) is 30.3 Å². The molecular formula is C20H20F2N2O2. The molecule has 1 amide bonds. The molecule has 1 heterocycles. The van der Waals surface area contributed by atoms with Crippen molar-refractivity contribution in [2.75, 3.05) is 13.1 Å². The van der Waals surface area contributed by atoms with Gasteiger partial charge in [0.05, 0.1) is 5.56 Å². The van der Waals surface area contributed by atoms with E-state index in [4.69, 9.17) is 5.73 Å². The minimum atomic E-state index is -0.908. The lowest BCUT2D eigenvalue weighted by Crippen LogP contribution is -2.32. The number of nitrogens with two attached hydrogens (primary N) is 1. The Balaban J connectivity index is 1.58. The molecule has 0 spiro atoms. The number of carbonyl (C=O) groups is 2. The first-order valence-electron chi connectivity index (χ1n) is 8.52. The predicted octanol–water partition coefficient (Wildman–Crippen LogP) is 2.88. The minimum absolute atomic E-state index is 0.0239. The fourth-order valence-electron chi connectivity index (χ4n) is 3.31. The summed E-state index contributed by atoms with van der Waals surface area (Å²) in [5.41, 5.74) is 7.06. The number of nitrogens with zero attached hydrogens (tertiary/aromatic N) is 1. The van der Waals surface area contributed by atoms with E-state index >= 15 is 0 Å². The lowest BCUT2D eigenvalue weighted by atomic mass is 9.95. The lowest BCUT2D eigenvalue weighted by Gasteiger charge is -2.16. The van der Waals surface area contributed by atoms with E-state index < -0.39 is 17.4 Å². The molecule has 2 N–H and O–H groups in total. The number of carbonyl (C=O) groups excluding carboxylic acids is 2. The number of ketones is 1. The summed E-state index contributed by atoms with van der Waals surface area (Å²) in [7, 11) is 0. The molecule has 1 saturated heterocycles. The third-order valence-electron chi connectivity index (χ3n) is 4.74. The second-order valence-corrected chi connectivity index (χ2v) is 6.53. The van der Waals surface area contributed by atoms with Crippen molar-refractivity contribution in [1.82, 2.24) is 4.90 Å². The van der Waals surface area contributed by atoms with Crippen molar-refractivity contribution in [1.29, 1.82) is 0 Å². The summed E-state index contributed by atoms with van der Waals surface area (Å²) in [6, 6.07) is 12.4. The highest BCUT2D eigenvalue weighted by Gasteiger charge is 2.33. The molecule has 136 valence electrons. The number of benzene rings is 2. The number of halogens is 2. The maximum atomic E-state index is 13.6. The normalized spacial score (nSPS) is 19.6. The zero-order valence-electron chi connectivity index (χ0n) is 14.2. The maximum absolute atomic E-state index is 13.6. The van der Waals surface area contributed by atoms with E-state index in [2.05, 4.69) is 0 Å². The van der Waals surface area contributed by atoms with Crippen LogP contribution in [-0.4, -0.2) is 35.7 Å². The van der Waals surface area contributed by atoms with Gasteiger partial charge in [0.2, 0.25) is 5.91 Å². The molecule has 1 fully saturated rings. The van der Waals surface area contributed by atoms with Crippen molar-refractivity contribution in [3.63, 3.8) is 0 Å². The Labute approximate surface area is 150 Å². The molecule has 0 aromatic heterocycles. The van der Waals surface area contributed by atoms with Crippen molar-refractivity contribution in [3.05, 3.63) is 71.3 Å². The summed E-state index contributed by atoms with van der Waals surface area (Å²) >= 11 is 0. The maximum Gasteiger partial charge on any atom is 0.223 e. The molecule has 2 aromatic rings. The van der Waals surface area contributed by atoms with Gasteiger partial charge in [-0.05, 0) is 17.7 Å². The number of hydrogen-bond donors (Lipinski definition) is 1. The first kappa shape index (κ1) is 18.2. The Morgan fingerprint density at radius 3 is 2.46 bits per heavy atom. The van der Waals surface area contributed by atoms with Crippen LogP contribution in [0.4, 0.5) is 8.78 Å². The summed E-state index contributed by atoms with van der Waals surface area (Å²) < 4.78 is 26.6. The number of likely N-dealkylation sites (tertiary alicyclic amines) is 1. The molecule has 0 unspecified atom stereocenters. The van der Waals surface area contributed by atoms with E-state index in [1.165, 1.54) is 0 Å². The number of rotatable bonds is 5. The molecule has 0 radical (unpaired) electrons. The summed E-state index contributed by atoms with van der Waals surface area (Å²) in [6.07, 6.45) is -0.146. The van der Waals surface area contributed by atoms with Crippen molar-refractivity contribution >= 4 is 11.7 Å². The van der Waals surface area contributed by atoms with Crippen LogP contribution in [0.3, 0.4) is 0 Å². The van der Waals surface area contributed by atoms with Crippen LogP contribution in [0.15, 0.2) is 48.5 Å². The van der Waals surface area contributed by atoms with E-state index in [0.717, 1.165) is 17.7 Å². The van der Waals surface area contributed by atoms with E-state index in [1.807, 2.05) is 30.3 Å². The van der Waals surface area contributed by atoms with Gasteiger partial charge in [-0.2, -0.15) is 0 Å². The van der Waals surface area contributed by atoms with E-state index in [9.17, 15) is 18.4 Å². The zero-order valence-corrected chi connectivity index (χ0v) is 14.2. The molecule has 2 aromatic carbocycles. The second-order valence-electron chi connectivity index (χ2n) is 6.53. The fraction of sp³-hybridized carbons (Fsp3) is 0.300. The molecule has 1 aliphatic rings. The predicted molar refractivity (Wildman–Crippen MR) is 93.7 cm³/mol. The van der Waals surface area contributed by atoms with E-state index in [0.29, 0.717) is 19.2 Å². The number of hydrogen-bond acceptors (Lipinski definition) is 3. The minimum Gasteiger partial charge on any atom is -0.340 e. The molecule has 1 aliphatic heterocycles. The van der Waals surface area contributed by atoms with E-state index in [-0.39, 0.29) is 36.3 Å². The van der Waals surface area contributed by atoms with Crippen molar-refractivity contribution in [2.45, 2.75) is 24.8 Å². The third-order valence-corrected chi connectivity index (χ3v) is 4.74. The average Bonchev–Trinajstić information content (AvgIpc) is 3.02. The Bertz CT molecular complexity index is 811. The Morgan fingerprint density at radius 2 is 1.77 bits per heavy atom. The lowest BCUT2D eigenvalue weighted by molar-refractivity contribution is -0.130. The van der Waals surface area contributed by atoms with Crippen LogP contribution in [0.1, 0.15) is 34.7 Å². The first-order chi connectivity index (χ1) is 12.5. The van der Waals surface area contributed by atoms with Crippen LogP contribution in [0.2, 0.25) is 0 Å². The van der Waals surface area contributed by atoms with Crippen molar-refractivity contribution in [2.24, 2.45) is 5.73 Å². The van der Waals surface area contributed by atoms with Gasteiger partial charge < -0.3 is 10.6 Å². The number of Topliss-reactive ketones (excluding diaryl/α,β-unsaturated/α-hetero) is 1. The highest BCUT2D eigenvalue weighted by atomic mass is 19.1. The monoisotopic (exact) mass is 358 g/mol. The van der Waals surface area contributed by atoms with Gasteiger partial charge in [0.15, 0.2) is 5.78 Å². The summed E-state index contributed by atoms with van der Waals surface area (Å²) in [5, 5.41) is 0. The molecule has 2 atom stereocenters. The zero-order chi connectivity index (χ0) is 18.7. The van der Waals surface area contributed by atoms with Crippen molar-refractivity contribution in [3.8, 4) is 0 Å². The van der Waals surface area contributed by atoms with Gasteiger partial charge in [-0.25, -0.2) is 8.78 Å². The molecule has 0 saturated carbocycles. The SMILES string of the molecule is N[C@@H]1CN(C(=O)CCC(=O)c2ccc(F)cc2F)C[C@H]1c1ccccc1. The molecule has 4 nitrogen and oxygen atoms in total. The molecule has 0 bridgehead atoms. The van der Waals surface area contributed by atoms with Crippen LogP contribution in [0, 0.1) is 11.6 Å². The van der Waals surface area contributed by atoms with Gasteiger partial charge in [0.25, 0.3) is 0 Å². The van der Waals surface area contributed by atoms with Gasteiger partial charge in [0, 0.05) is 44.0 Å². The smallest absolute Gasteiger partial charge is 0.223 e. The summed E-state index contributed by atoms with van der Waals surface area (Å²) in [5.74, 6) is -2.29. The molecular weight excluding hydrogens is 338 g/mol. The van der Waals surface area contributed by atoms with Crippen LogP contribution in [0.25, 0.3) is 0 Å². The van der Waals surface area contributed by atoms with Gasteiger partial charge in [-0.3, -0.25) is 9.59 Å². The highest BCUT2D eigenvalue weighted by molar-refractivity contribution is 5.98. The highest BCUT2D eigenvalue weighted by Crippen LogP contribution is 2.27. The summed E-state index contributed by atoms with van der Waals surface area (Å²) in [6.45, 7) is 0.931. The summed E-state index contributed by atoms with van der Waals surface area (Å²) in [4.78, 5) is 26.1. The van der Waals surface area contributed by atoms with Crippen LogP contribution in [0.5, 0.6) is 0 Å². The molecule has 26 heavy (non-hydrogen) atoms. The molecule has 0 aliphatic carbocycles. The average molecular weight is 358 g/mol. The van der Waals surface area contributed by atoms with Crippen LogP contribution in [-0.2, 0) is 4.79 Å². The topological polar surface area (TPSA) is 63.4 Å². The Kier molecular flexibility index (Phi) is 5.42. The van der Waals surface area contributed by atoms with Crippen LogP contribution >= 0.6 is 0 Å². The third kappa shape index (κ3) is 3.96. The molecule has 6 heteroatoms. The Hall–Kier alpha value is -2.60. The van der Waals surface area contributed by atoms with Gasteiger partial charge in [0.1, 0.15) is 11.6 Å². The Morgan fingerprint density at radius 1 is 1.04 bits per heavy atom. The standard InChI is InChI=1S/C20H20F2N2O2/c21-14-6-7-15(17(22)10-14)19(25)8-9-20(26)24-11-16(18(23)12-24)13-4-2-1-3-5-13/h1-7,10,16,18H,8-9,11-12,23H2/t16-,18+/m0/s1. The molecule has 3 rings (SSSR count). The second kappa shape index (κ2) is 7.74.